The molecule has 4 N–H and O–H groups in total. The molecule has 0 radical (unpaired) electrons. The number of rotatable bonds is 4. The lowest BCUT2D eigenvalue weighted by Crippen LogP contribution is -2.02. The molecule has 0 fully saturated rings. The quantitative estimate of drug-likeness (QED) is 0.498. The molecular weight excluding hydrogens is 258 g/mol. The zero-order valence-corrected chi connectivity index (χ0v) is 11.2. The summed E-state index contributed by atoms with van der Waals surface area (Å²) in [5.41, 5.74) is 13.6. The van der Waals surface area contributed by atoms with Gasteiger partial charge >= 0.3 is 0 Å². The summed E-state index contributed by atoms with van der Waals surface area (Å²) in [6.07, 6.45) is 2.72. The maximum Gasteiger partial charge on any atom is 0.233 e. The Bertz CT molecular complexity index is 643. The summed E-state index contributed by atoms with van der Waals surface area (Å²) in [5, 5.41) is 3.65. The summed E-state index contributed by atoms with van der Waals surface area (Å²) in [7, 11) is 1.43. The van der Waals surface area contributed by atoms with Gasteiger partial charge in [0, 0.05) is 5.69 Å². The van der Waals surface area contributed by atoms with E-state index in [4.69, 9.17) is 16.2 Å². The highest BCUT2D eigenvalue weighted by molar-refractivity contribution is 5.88. The van der Waals surface area contributed by atoms with Crippen LogP contribution in [0.25, 0.3) is 0 Å². The van der Waals surface area contributed by atoms with E-state index in [9.17, 15) is 0 Å². The number of aromatic nitrogens is 2. The summed E-state index contributed by atoms with van der Waals surface area (Å²) >= 11 is 0. The lowest BCUT2D eigenvalue weighted by Gasteiger charge is -2.09. The zero-order valence-electron chi connectivity index (χ0n) is 11.2. The number of aryl methyl sites for hydroxylation is 1. The molecule has 0 aliphatic rings. The minimum Gasteiger partial charge on any atom is -0.438 e. The first-order chi connectivity index (χ1) is 9.61. The standard InChI is InChI=1S/C13H15N5O2/c1-8-5-9(3-4-11(8)14)20-13-10(6-18-19-2)12(15)16-7-17-13/h3-7H,14H2,1-2H3,(H2,15,16,17). The molecule has 1 aromatic carbocycles. The van der Waals surface area contributed by atoms with E-state index < -0.39 is 0 Å². The SMILES string of the molecule is CON=Cc1c(N)ncnc1Oc1ccc(N)c(C)c1. The molecule has 0 saturated carbocycles. The van der Waals surface area contributed by atoms with Crippen LogP contribution in [0.3, 0.4) is 0 Å². The highest BCUT2D eigenvalue weighted by Crippen LogP contribution is 2.26. The van der Waals surface area contributed by atoms with Gasteiger partial charge in [-0.25, -0.2) is 9.97 Å². The number of ether oxygens (including phenoxy) is 1. The molecule has 7 nitrogen and oxygen atoms in total. The fraction of sp³-hybridized carbons (Fsp3) is 0.154. The monoisotopic (exact) mass is 273 g/mol. The van der Waals surface area contributed by atoms with Gasteiger partial charge in [-0.15, -0.1) is 0 Å². The van der Waals surface area contributed by atoms with Gasteiger partial charge in [0.1, 0.15) is 30.6 Å². The van der Waals surface area contributed by atoms with Crippen molar-refractivity contribution in [1.29, 1.82) is 0 Å². The van der Waals surface area contributed by atoms with Crippen LogP contribution in [0, 0.1) is 6.92 Å². The van der Waals surface area contributed by atoms with Gasteiger partial charge in [-0.05, 0) is 30.7 Å². The van der Waals surface area contributed by atoms with Gasteiger partial charge in [0.05, 0.1) is 6.21 Å². The van der Waals surface area contributed by atoms with Crippen LogP contribution in [0.1, 0.15) is 11.1 Å². The lowest BCUT2D eigenvalue weighted by atomic mass is 10.2. The van der Waals surface area contributed by atoms with Gasteiger partial charge in [0.15, 0.2) is 0 Å². The molecule has 2 rings (SSSR count). The van der Waals surface area contributed by atoms with Crippen LogP contribution in [-0.4, -0.2) is 23.3 Å². The number of benzene rings is 1. The normalized spacial score (nSPS) is 10.7. The Morgan fingerprint density at radius 3 is 2.75 bits per heavy atom. The first kappa shape index (κ1) is 13.6. The number of oxime groups is 1. The molecule has 0 spiro atoms. The van der Waals surface area contributed by atoms with Gasteiger partial charge < -0.3 is 21.0 Å². The fourth-order valence-electron chi connectivity index (χ4n) is 1.52. The van der Waals surface area contributed by atoms with Crippen molar-refractivity contribution in [2.24, 2.45) is 5.16 Å². The molecule has 0 unspecified atom stereocenters. The van der Waals surface area contributed by atoms with E-state index in [1.165, 1.54) is 19.7 Å². The largest absolute Gasteiger partial charge is 0.438 e. The fourth-order valence-corrected chi connectivity index (χ4v) is 1.52. The van der Waals surface area contributed by atoms with Gasteiger partial charge in [-0.2, -0.15) is 0 Å². The van der Waals surface area contributed by atoms with Crippen molar-refractivity contribution in [3.05, 3.63) is 35.7 Å². The van der Waals surface area contributed by atoms with Crippen LogP contribution in [0.4, 0.5) is 11.5 Å². The first-order valence-corrected chi connectivity index (χ1v) is 5.82. The van der Waals surface area contributed by atoms with Gasteiger partial charge in [0.2, 0.25) is 5.88 Å². The third-order valence-electron chi connectivity index (χ3n) is 2.62. The molecule has 0 bridgehead atoms. The second-order valence-corrected chi connectivity index (χ2v) is 4.02. The topological polar surface area (TPSA) is 109 Å². The van der Waals surface area contributed by atoms with Crippen LogP contribution >= 0.6 is 0 Å². The molecule has 0 aliphatic carbocycles. The van der Waals surface area contributed by atoms with Crippen molar-refractivity contribution in [3.8, 4) is 11.6 Å². The van der Waals surface area contributed by atoms with Crippen LogP contribution in [0.2, 0.25) is 0 Å². The number of nitrogens with two attached hydrogens (primary N) is 2. The average Bonchev–Trinajstić information content (AvgIpc) is 2.42. The Kier molecular flexibility index (Phi) is 3.99. The maximum atomic E-state index is 5.77. The summed E-state index contributed by atoms with van der Waals surface area (Å²) in [6, 6.07) is 5.32. The van der Waals surface area contributed by atoms with E-state index >= 15 is 0 Å². The van der Waals surface area contributed by atoms with Gasteiger partial charge in [-0.1, -0.05) is 5.16 Å². The Balaban J connectivity index is 2.35. The van der Waals surface area contributed by atoms with Crippen LogP contribution < -0.4 is 16.2 Å². The second-order valence-electron chi connectivity index (χ2n) is 4.02. The molecule has 104 valence electrons. The Morgan fingerprint density at radius 2 is 2.05 bits per heavy atom. The predicted octanol–water partition coefficient (Wildman–Crippen LogP) is 1.72. The predicted molar refractivity (Wildman–Crippen MR) is 76.7 cm³/mol. The molecule has 20 heavy (non-hydrogen) atoms. The van der Waals surface area contributed by atoms with Crippen molar-refractivity contribution >= 4 is 17.7 Å². The van der Waals surface area contributed by atoms with E-state index in [1.54, 1.807) is 12.1 Å². The van der Waals surface area contributed by atoms with Gasteiger partial charge in [0.25, 0.3) is 0 Å². The molecular formula is C13H15N5O2. The molecule has 1 heterocycles. The number of hydrogen-bond acceptors (Lipinski definition) is 7. The smallest absolute Gasteiger partial charge is 0.233 e. The first-order valence-electron chi connectivity index (χ1n) is 5.82. The molecule has 2 aromatic rings. The van der Waals surface area contributed by atoms with Crippen molar-refractivity contribution in [1.82, 2.24) is 9.97 Å². The molecule has 0 amide bonds. The average molecular weight is 273 g/mol. The highest BCUT2D eigenvalue weighted by atomic mass is 16.6. The second kappa shape index (κ2) is 5.87. The van der Waals surface area contributed by atoms with Crippen molar-refractivity contribution in [2.45, 2.75) is 6.92 Å². The molecule has 7 heteroatoms. The van der Waals surface area contributed by atoms with Crippen LogP contribution in [-0.2, 0) is 4.84 Å². The van der Waals surface area contributed by atoms with Crippen molar-refractivity contribution in [2.75, 3.05) is 18.6 Å². The Morgan fingerprint density at radius 1 is 1.25 bits per heavy atom. The van der Waals surface area contributed by atoms with E-state index in [0.29, 0.717) is 22.9 Å². The third kappa shape index (κ3) is 2.94. The summed E-state index contributed by atoms with van der Waals surface area (Å²) in [6.45, 7) is 1.89. The molecule has 0 aliphatic heterocycles. The van der Waals surface area contributed by atoms with Crippen molar-refractivity contribution < 1.29 is 9.57 Å². The van der Waals surface area contributed by atoms with E-state index in [1.807, 2.05) is 13.0 Å². The van der Waals surface area contributed by atoms with Crippen LogP contribution in [0.5, 0.6) is 11.6 Å². The number of nitrogens with zero attached hydrogens (tertiary/aromatic N) is 3. The molecule has 1 aromatic heterocycles. The minimum absolute atomic E-state index is 0.253. The van der Waals surface area contributed by atoms with Crippen LogP contribution in [0.15, 0.2) is 29.7 Å². The minimum atomic E-state index is 0.253. The summed E-state index contributed by atoms with van der Waals surface area (Å²) in [4.78, 5) is 12.6. The lowest BCUT2D eigenvalue weighted by molar-refractivity contribution is 0.215. The summed E-state index contributed by atoms with van der Waals surface area (Å²) < 4.78 is 5.69. The number of anilines is 2. The summed E-state index contributed by atoms with van der Waals surface area (Å²) in [5.74, 6) is 1.15. The van der Waals surface area contributed by atoms with E-state index in [-0.39, 0.29) is 5.82 Å². The number of nitrogen functional groups attached to an aromatic ring is 2. The zero-order chi connectivity index (χ0) is 14.5. The van der Waals surface area contributed by atoms with E-state index in [2.05, 4.69) is 20.0 Å². The molecule has 0 atom stereocenters. The van der Waals surface area contributed by atoms with Gasteiger partial charge in [-0.3, -0.25) is 0 Å². The maximum absolute atomic E-state index is 5.77. The highest BCUT2D eigenvalue weighted by Gasteiger charge is 2.10. The Hall–Kier alpha value is -2.83. The molecule has 0 saturated heterocycles. The Labute approximate surface area is 116 Å². The van der Waals surface area contributed by atoms with Crippen molar-refractivity contribution in [3.63, 3.8) is 0 Å². The number of hydrogen-bond donors (Lipinski definition) is 2. The van der Waals surface area contributed by atoms with E-state index in [0.717, 1.165) is 5.56 Å². The third-order valence-corrected chi connectivity index (χ3v) is 2.62.